The first kappa shape index (κ1) is 45.1. The molecule has 0 spiro atoms. The van der Waals surface area contributed by atoms with Gasteiger partial charge in [-0.2, -0.15) is 114 Å². The van der Waals surface area contributed by atoms with Gasteiger partial charge in [0.25, 0.3) is 0 Å². The van der Waals surface area contributed by atoms with Crippen LogP contribution in [0.3, 0.4) is 0 Å². The molecule has 0 aliphatic carbocycles. The lowest BCUT2D eigenvalue weighted by molar-refractivity contribution is -0.442. The monoisotopic (exact) mass is 794 g/mol. The summed E-state index contributed by atoms with van der Waals surface area (Å²) in [5, 5.41) is 0. The molecule has 294 valence electrons. The second-order valence-corrected chi connectivity index (χ2v) is 10.5. The third-order valence-electron chi connectivity index (χ3n) is 6.94. The Hall–Kier alpha value is -1.90. The number of halogens is 26. The molecular formula is C21H16F26O2. The van der Waals surface area contributed by atoms with E-state index in [1.807, 2.05) is 0 Å². The van der Waals surface area contributed by atoms with Crippen LogP contribution in [0.25, 0.3) is 0 Å². The van der Waals surface area contributed by atoms with Gasteiger partial charge >= 0.3 is 71.6 Å². The van der Waals surface area contributed by atoms with Crippen molar-refractivity contribution in [2.75, 3.05) is 6.61 Å². The van der Waals surface area contributed by atoms with E-state index in [0.717, 1.165) is 6.92 Å². The molecule has 49 heavy (non-hydrogen) atoms. The van der Waals surface area contributed by atoms with Crippen LogP contribution < -0.4 is 0 Å². The van der Waals surface area contributed by atoms with Crippen LogP contribution in [0.4, 0.5) is 114 Å². The number of hydrogen-bond donors (Lipinski definition) is 0. The number of rotatable bonds is 14. The molecule has 1 saturated heterocycles. The summed E-state index contributed by atoms with van der Waals surface area (Å²) in [6, 6.07) is 0. The van der Waals surface area contributed by atoms with Gasteiger partial charge in [-0.15, -0.1) is 0 Å². The molecule has 1 heterocycles. The quantitative estimate of drug-likeness (QED) is 0.163. The fraction of sp³-hybridized carbons (Fsp3) is 1.00. The molecule has 1 atom stereocenters. The van der Waals surface area contributed by atoms with Gasteiger partial charge in [0.05, 0.1) is 12.7 Å². The molecule has 0 radical (unpaired) electrons. The van der Waals surface area contributed by atoms with E-state index in [4.69, 9.17) is 0 Å². The maximum Gasteiger partial charge on any atom is 0.460 e. The van der Waals surface area contributed by atoms with Crippen LogP contribution in [0.5, 0.6) is 0 Å². The second-order valence-electron chi connectivity index (χ2n) is 10.5. The summed E-state index contributed by atoms with van der Waals surface area (Å²) in [5.41, 5.74) is 0. The third-order valence-corrected chi connectivity index (χ3v) is 6.94. The van der Waals surface area contributed by atoms with Crippen molar-refractivity contribution in [1.29, 1.82) is 0 Å². The van der Waals surface area contributed by atoms with Crippen LogP contribution in [0.1, 0.15) is 39.0 Å². The van der Waals surface area contributed by atoms with Gasteiger partial charge in [0, 0.05) is 25.7 Å². The predicted molar refractivity (Wildman–Crippen MR) is 104 cm³/mol. The highest BCUT2D eigenvalue weighted by molar-refractivity contribution is 5.12. The van der Waals surface area contributed by atoms with Gasteiger partial charge in [-0.3, -0.25) is 0 Å². The fourth-order valence-electron chi connectivity index (χ4n) is 3.87. The Morgan fingerprint density at radius 3 is 0.939 bits per heavy atom. The molecule has 1 fully saturated rings. The van der Waals surface area contributed by atoms with Gasteiger partial charge < -0.3 is 9.47 Å². The summed E-state index contributed by atoms with van der Waals surface area (Å²) in [7, 11) is 0. The maximum atomic E-state index is 14.3. The first-order valence-corrected chi connectivity index (χ1v) is 12.2. The van der Waals surface area contributed by atoms with Crippen molar-refractivity contribution in [3.8, 4) is 0 Å². The van der Waals surface area contributed by atoms with Crippen molar-refractivity contribution < 1.29 is 124 Å². The highest BCUT2D eigenvalue weighted by atomic mass is 19.4. The Kier molecular flexibility index (Phi) is 11.4. The Balaban J connectivity index is 3.52. The molecule has 1 rings (SSSR count). The van der Waals surface area contributed by atoms with E-state index < -0.39 is 122 Å². The third kappa shape index (κ3) is 6.89. The van der Waals surface area contributed by atoms with Gasteiger partial charge in [-0.05, 0) is 13.3 Å². The molecule has 2 nitrogen and oxygen atoms in total. The normalized spacial score (nSPS) is 20.5. The van der Waals surface area contributed by atoms with Crippen LogP contribution in [-0.4, -0.2) is 90.1 Å². The summed E-state index contributed by atoms with van der Waals surface area (Å²) in [6.45, 7) is -0.304. The van der Waals surface area contributed by atoms with Gasteiger partial charge in [-0.25, -0.2) is 0 Å². The summed E-state index contributed by atoms with van der Waals surface area (Å²) in [5.74, 6) is -83.3. The molecule has 0 aromatic heterocycles. The van der Waals surface area contributed by atoms with Gasteiger partial charge in [-0.1, -0.05) is 0 Å². The van der Waals surface area contributed by atoms with Crippen LogP contribution in [-0.2, 0) is 9.47 Å². The van der Waals surface area contributed by atoms with Crippen LogP contribution >= 0.6 is 0 Å². The fourth-order valence-corrected chi connectivity index (χ4v) is 3.87. The molecule has 0 amide bonds. The van der Waals surface area contributed by atoms with E-state index in [1.54, 1.807) is 0 Å². The van der Waals surface area contributed by atoms with Crippen molar-refractivity contribution in [3.05, 3.63) is 0 Å². The Bertz CT molecular complexity index is 1070. The highest BCUT2D eigenvalue weighted by Gasteiger charge is 2.92. The first-order chi connectivity index (χ1) is 21.0. The molecule has 1 unspecified atom stereocenters. The van der Waals surface area contributed by atoms with Crippen molar-refractivity contribution in [3.63, 3.8) is 0 Å². The van der Waals surface area contributed by atoms with Gasteiger partial charge in [0.15, 0.2) is 5.79 Å². The molecule has 0 aromatic carbocycles. The lowest BCUT2D eigenvalue weighted by atomic mass is 9.88. The van der Waals surface area contributed by atoms with Crippen molar-refractivity contribution >= 4 is 0 Å². The van der Waals surface area contributed by atoms with E-state index >= 15 is 0 Å². The topological polar surface area (TPSA) is 18.5 Å². The van der Waals surface area contributed by atoms with E-state index in [0.29, 0.717) is 0 Å². The summed E-state index contributed by atoms with van der Waals surface area (Å²) >= 11 is 0. The number of hydrogen-bond acceptors (Lipinski definition) is 2. The molecule has 0 aromatic rings. The molecule has 28 heteroatoms. The van der Waals surface area contributed by atoms with E-state index in [1.165, 1.54) is 0 Å². The molecule has 0 N–H and O–H groups in total. The van der Waals surface area contributed by atoms with Crippen LogP contribution in [0.15, 0.2) is 0 Å². The molecule has 0 bridgehead atoms. The van der Waals surface area contributed by atoms with E-state index in [-0.39, 0.29) is 0 Å². The average Bonchev–Trinajstić information content (AvgIpc) is 2.89. The lowest BCUT2D eigenvalue weighted by Crippen LogP contribution is -2.70. The van der Waals surface area contributed by atoms with E-state index in [2.05, 4.69) is 9.47 Å². The van der Waals surface area contributed by atoms with Crippen molar-refractivity contribution in [1.82, 2.24) is 0 Å². The average molecular weight is 794 g/mol. The van der Waals surface area contributed by atoms with Gasteiger partial charge in [0.1, 0.15) is 0 Å². The Morgan fingerprint density at radius 2 is 0.694 bits per heavy atom. The van der Waals surface area contributed by atoms with E-state index in [9.17, 15) is 114 Å². The predicted octanol–water partition coefficient (Wildman–Crippen LogP) is 10.5. The van der Waals surface area contributed by atoms with Gasteiger partial charge in [0.2, 0.25) is 0 Å². The SMILES string of the molecule is CC1CCOC(CCC(F)(F)C(F)(F)C(F)(F)C(F)(F)C(F)(F)C(F)(F)F)(CCC(F)(F)C(F)(F)C(F)(F)C(F)(F)C(F)(F)C(F)(F)F)O1. The van der Waals surface area contributed by atoms with Crippen LogP contribution in [0, 0.1) is 0 Å². The number of ether oxygens (including phenoxy) is 2. The largest absolute Gasteiger partial charge is 0.460 e. The van der Waals surface area contributed by atoms with Crippen LogP contribution in [0.2, 0.25) is 0 Å². The standard InChI is InChI=1S/C21H16F26O2/c1-8-2-7-48-9(49-8,3-5-10(22,23)12(26,27)14(30,31)16(34,35)18(38,39)20(42,43)44)4-6-11(24,25)13(28,29)15(32,33)17(36,37)19(40,41)21(45,46)47/h8H,2-7H2,1H3. The summed E-state index contributed by atoms with van der Waals surface area (Å²) in [6.07, 6.45) is -29.3. The number of alkyl halides is 26. The first-order valence-electron chi connectivity index (χ1n) is 12.2. The Labute approximate surface area is 254 Å². The van der Waals surface area contributed by atoms with Crippen molar-refractivity contribution in [2.45, 2.75) is 122 Å². The molecule has 1 aliphatic heterocycles. The smallest absolute Gasteiger partial charge is 0.350 e. The second kappa shape index (κ2) is 12.4. The minimum Gasteiger partial charge on any atom is -0.350 e. The zero-order chi connectivity index (χ0) is 39.7. The molecule has 0 saturated carbocycles. The minimum absolute atomic E-state index is 0.519. The Morgan fingerprint density at radius 1 is 0.429 bits per heavy atom. The minimum atomic E-state index is -8.38. The van der Waals surface area contributed by atoms with Crippen molar-refractivity contribution in [2.24, 2.45) is 0 Å². The maximum absolute atomic E-state index is 14.3. The summed E-state index contributed by atoms with van der Waals surface area (Å²) in [4.78, 5) is 0. The zero-order valence-electron chi connectivity index (χ0n) is 23.0. The summed E-state index contributed by atoms with van der Waals surface area (Å²) < 4.78 is 356. The molecule has 1 aliphatic rings. The lowest BCUT2D eigenvalue weighted by Gasteiger charge is -2.44. The highest BCUT2D eigenvalue weighted by Crippen LogP contribution is 2.63. The zero-order valence-corrected chi connectivity index (χ0v) is 23.0. The molecular weight excluding hydrogens is 778 g/mol.